The fourth-order valence-corrected chi connectivity index (χ4v) is 3.02. The van der Waals surface area contributed by atoms with Crippen LogP contribution in [0.25, 0.3) is 0 Å². The first kappa shape index (κ1) is 20.4. The van der Waals surface area contributed by atoms with Gasteiger partial charge in [-0.1, -0.05) is 36.8 Å². The van der Waals surface area contributed by atoms with Gasteiger partial charge >= 0.3 is 0 Å². The summed E-state index contributed by atoms with van der Waals surface area (Å²) in [5.41, 5.74) is 0.995. The summed E-state index contributed by atoms with van der Waals surface area (Å²) >= 11 is 0. The third-order valence-electron chi connectivity index (χ3n) is 4.61. The minimum atomic E-state index is -0.521. The van der Waals surface area contributed by atoms with E-state index in [1.54, 1.807) is 42.5 Å². The standard InChI is InChI=1S/C22H23N5O4/c1-2-3-4-5-13-29-16-11-9-15(10-12-16)22(28)23-17-7-6-8-18-20(17)31-19(14-30-18)21-24-26-27-25-21/h4-12,19H,2-3,13-14H2,1H3,(H,23,28)(H,24,25,26,27)/b5-4+. The summed E-state index contributed by atoms with van der Waals surface area (Å²) in [6.45, 7) is 2.88. The Morgan fingerprint density at radius 2 is 2.13 bits per heavy atom. The zero-order chi connectivity index (χ0) is 21.5. The minimum absolute atomic E-state index is 0.249. The molecule has 0 aliphatic carbocycles. The van der Waals surface area contributed by atoms with Gasteiger partial charge in [-0.3, -0.25) is 4.79 Å². The highest BCUT2D eigenvalue weighted by Gasteiger charge is 2.28. The Morgan fingerprint density at radius 1 is 1.26 bits per heavy atom. The third kappa shape index (κ3) is 5.00. The van der Waals surface area contributed by atoms with Crippen LogP contribution < -0.4 is 19.5 Å². The van der Waals surface area contributed by atoms with Crippen LogP contribution in [0.2, 0.25) is 0 Å². The van der Waals surface area contributed by atoms with Gasteiger partial charge in [0.1, 0.15) is 19.0 Å². The molecule has 9 nitrogen and oxygen atoms in total. The number of allylic oxidation sites excluding steroid dienone is 1. The Bertz CT molecular complexity index is 1030. The summed E-state index contributed by atoms with van der Waals surface area (Å²) in [6, 6.07) is 12.3. The van der Waals surface area contributed by atoms with Crippen LogP contribution in [0.4, 0.5) is 5.69 Å². The average Bonchev–Trinajstić information content (AvgIpc) is 3.34. The number of rotatable bonds is 8. The Balaban J connectivity index is 1.41. The molecular formula is C22H23N5O4. The highest BCUT2D eigenvalue weighted by molar-refractivity contribution is 6.05. The highest BCUT2D eigenvalue weighted by Crippen LogP contribution is 2.41. The van der Waals surface area contributed by atoms with Gasteiger partial charge in [0.15, 0.2) is 17.6 Å². The molecule has 0 fully saturated rings. The molecule has 0 saturated heterocycles. The molecule has 4 rings (SSSR count). The van der Waals surface area contributed by atoms with Crippen molar-refractivity contribution in [3.8, 4) is 17.2 Å². The molecule has 2 N–H and O–H groups in total. The smallest absolute Gasteiger partial charge is 0.255 e. The van der Waals surface area contributed by atoms with E-state index in [4.69, 9.17) is 14.2 Å². The molecule has 3 aromatic rings. The number of aromatic nitrogens is 4. The number of fused-ring (bicyclic) bond motifs is 1. The number of H-pyrrole nitrogens is 1. The number of nitrogens with one attached hydrogen (secondary N) is 2. The lowest BCUT2D eigenvalue weighted by Gasteiger charge is -2.26. The first-order valence-corrected chi connectivity index (χ1v) is 10.1. The number of unbranched alkanes of at least 4 members (excludes halogenated alkanes) is 1. The zero-order valence-electron chi connectivity index (χ0n) is 17.1. The van der Waals surface area contributed by atoms with Gasteiger partial charge in [0.05, 0.1) is 5.69 Å². The summed E-state index contributed by atoms with van der Waals surface area (Å²) in [7, 11) is 0. The van der Waals surface area contributed by atoms with Crippen LogP contribution in [-0.2, 0) is 0 Å². The Morgan fingerprint density at radius 3 is 2.90 bits per heavy atom. The van der Waals surface area contributed by atoms with Crippen LogP contribution in [0.15, 0.2) is 54.6 Å². The SMILES string of the molecule is CCC/C=C/COc1ccc(C(=O)Nc2cccc3c2OC(c2nn[nH]n2)CO3)cc1. The van der Waals surface area contributed by atoms with Crippen molar-refractivity contribution in [2.24, 2.45) is 0 Å². The summed E-state index contributed by atoms with van der Waals surface area (Å²) in [5, 5.41) is 16.7. The molecule has 1 atom stereocenters. The number of nitrogens with zero attached hydrogens (tertiary/aromatic N) is 3. The first-order chi connectivity index (χ1) is 15.2. The molecule has 1 amide bonds. The lowest BCUT2D eigenvalue weighted by Crippen LogP contribution is -2.24. The molecular weight excluding hydrogens is 398 g/mol. The van der Waals surface area contributed by atoms with Crippen LogP contribution in [0.1, 0.15) is 42.1 Å². The maximum Gasteiger partial charge on any atom is 0.255 e. The van der Waals surface area contributed by atoms with E-state index in [9.17, 15) is 4.79 Å². The number of amides is 1. The van der Waals surface area contributed by atoms with Crippen LogP contribution in [0.5, 0.6) is 17.2 Å². The normalized spacial score (nSPS) is 15.1. The maximum absolute atomic E-state index is 12.8. The van der Waals surface area contributed by atoms with Crippen molar-refractivity contribution in [3.63, 3.8) is 0 Å². The molecule has 2 heterocycles. The molecule has 2 aromatic carbocycles. The Hall–Kier alpha value is -3.88. The molecule has 0 spiro atoms. The Kier molecular flexibility index (Phi) is 6.41. The quantitative estimate of drug-likeness (QED) is 0.534. The number of carbonyl (C=O) groups excluding carboxylic acids is 1. The lowest BCUT2D eigenvalue weighted by atomic mass is 10.2. The predicted molar refractivity (Wildman–Crippen MR) is 113 cm³/mol. The number of carbonyl (C=O) groups is 1. The van der Waals surface area contributed by atoms with Crippen LogP contribution in [0, 0.1) is 0 Å². The molecule has 0 radical (unpaired) electrons. The van der Waals surface area contributed by atoms with Gasteiger partial charge in [-0.2, -0.15) is 5.21 Å². The van der Waals surface area contributed by atoms with Crippen molar-refractivity contribution in [1.29, 1.82) is 0 Å². The second kappa shape index (κ2) is 9.75. The fraction of sp³-hybridized carbons (Fsp3) is 0.273. The van der Waals surface area contributed by atoms with E-state index in [2.05, 4.69) is 38.9 Å². The number of hydrogen-bond acceptors (Lipinski definition) is 7. The maximum atomic E-state index is 12.8. The fourth-order valence-electron chi connectivity index (χ4n) is 3.02. The van der Waals surface area contributed by atoms with Gasteiger partial charge in [0, 0.05) is 5.56 Å². The van der Waals surface area contributed by atoms with E-state index in [0.29, 0.717) is 40.9 Å². The topological polar surface area (TPSA) is 111 Å². The van der Waals surface area contributed by atoms with Gasteiger partial charge in [0.25, 0.3) is 5.91 Å². The number of benzene rings is 2. The van der Waals surface area contributed by atoms with Crippen molar-refractivity contribution in [1.82, 2.24) is 20.6 Å². The van der Waals surface area contributed by atoms with Crippen molar-refractivity contribution in [3.05, 3.63) is 66.0 Å². The van der Waals surface area contributed by atoms with Crippen LogP contribution in [-0.4, -0.2) is 39.7 Å². The predicted octanol–water partition coefficient (Wildman–Crippen LogP) is 3.70. The second-order valence-electron chi connectivity index (χ2n) is 6.87. The number of ether oxygens (including phenoxy) is 3. The molecule has 0 saturated carbocycles. The van der Waals surface area contributed by atoms with Crippen molar-refractivity contribution < 1.29 is 19.0 Å². The Labute approximate surface area is 179 Å². The number of anilines is 1. The lowest BCUT2D eigenvalue weighted by molar-refractivity contribution is 0.0856. The summed E-state index contributed by atoms with van der Waals surface area (Å²) < 4.78 is 17.4. The van der Waals surface area contributed by atoms with Gasteiger partial charge in [-0.15, -0.1) is 10.2 Å². The van der Waals surface area contributed by atoms with Gasteiger partial charge < -0.3 is 19.5 Å². The third-order valence-corrected chi connectivity index (χ3v) is 4.61. The molecule has 1 unspecified atom stereocenters. The zero-order valence-corrected chi connectivity index (χ0v) is 17.1. The molecule has 1 aliphatic rings. The number of tetrazole rings is 1. The number of hydrogen-bond donors (Lipinski definition) is 2. The van der Waals surface area contributed by atoms with E-state index in [-0.39, 0.29) is 12.5 Å². The minimum Gasteiger partial charge on any atom is -0.490 e. The van der Waals surface area contributed by atoms with Gasteiger partial charge in [-0.25, -0.2) is 0 Å². The van der Waals surface area contributed by atoms with Crippen LogP contribution >= 0.6 is 0 Å². The summed E-state index contributed by atoms with van der Waals surface area (Å²) in [5.74, 6) is 1.78. The molecule has 0 bridgehead atoms. The van der Waals surface area contributed by atoms with Crippen LogP contribution in [0.3, 0.4) is 0 Å². The monoisotopic (exact) mass is 421 g/mol. The summed E-state index contributed by atoms with van der Waals surface area (Å²) in [6.07, 6.45) is 5.72. The highest BCUT2D eigenvalue weighted by atomic mass is 16.6. The van der Waals surface area contributed by atoms with Gasteiger partial charge in [-0.05, 0) is 42.8 Å². The van der Waals surface area contributed by atoms with E-state index < -0.39 is 6.10 Å². The molecule has 9 heteroatoms. The molecule has 160 valence electrons. The van der Waals surface area contributed by atoms with E-state index in [1.807, 2.05) is 6.08 Å². The number of para-hydroxylation sites is 1. The molecule has 1 aliphatic heterocycles. The first-order valence-electron chi connectivity index (χ1n) is 10.1. The van der Waals surface area contributed by atoms with Crippen molar-refractivity contribution in [2.75, 3.05) is 18.5 Å². The van der Waals surface area contributed by atoms with E-state index in [0.717, 1.165) is 12.8 Å². The second-order valence-corrected chi connectivity index (χ2v) is 6.87. The molecule has 31 heavy (non-hydrogen) atoms. The molecule has 1 aromatic heterocycles. The van der Waals surface area contributed by atoms with Crippen molar-refractivity contribution >= 4 is 11.6 Å². The van der Waals surface area contributed by atoms with Gasteiger partial charge in [0.2, 0.25) is 5.82 Å². The van der Waals surface area contributed by atoms with E-state index in [1.165, 1.54) is 0 Å². The largest absolute Gasteiger partial charge is 0.490 e. The van der Waals surface area contributed by atoms with Crippen molar-refractivity contribution in [2.45, 2.75) is 25.9 Å². The van der Waals surface area contributed by atoms with E-state index >= 15 is 0 Å². The number of aromatic amines is 1. The average molecular weight is 421 g/mol. The summed E-state index contributed by atoms with van der Waals surface area (Å²) in [4.78, 5) is 12.8.